The molecule has 1 aromatic rings. The number of hydrogen-bond acceptors (Lipinski definition) is 3. The van der Waals surface area contributed by atoms with Gasteiger partial charge in [-0.15, -0.1) is 11.6 Å². The Balaban J connectivity index is 3.24. The van der Waals surface area contributed by atoms with Gasteiger partial charge in [0.2, 0.25) is 0 Å². The van der Waals surface area contributed by atoms with Crippen LogP contribution < -0.4 is 0 Å². The average Bonchev–Trinajstić information content (AvgIpc) is 2.28. The molecule has 1 aromatic heterocycles. The van der Waals surface area contributed by atoms with Gasteiger partial charge in [-0.2, -0.15) is 0 Å². The molecule has 0 unspecified atom stereocenters. The lowest BCUT2D eigenvalue weighted by Crippen LogP contribution is -2.11. The Hall–Kier alpha value is -0.500. The maximum Gasteiger partial charge on any atom is 0.356 e. The van der Waals surface area contributed by atoms with Crippen molar-refractivity contribution in [2.75, 3.05) is 6.61 Å². The monoisotopic (exact) mass is 375 g/mol. The molecule has 17 heavy (non-hydrogen) atoms. The standard InChI is InChI=1S/C10H9ClF2INO2/c1-2-17-10(16)7-3-6(14)5(4-11)8(15-7)9(12)13/h3,9H,2,4H2,1H3. The Labute approximate surface area is 116 Å². The first-order valence-corrected chi connectivity index (χ1v) is 6.33. The molecule has 0 fully saturated rings. The number of rotatable bonds is 4. The van der Waals surface area contributed by atoms with Crippen molar-refractivity contribution in [3.8, 4) is 0 Å². The summed E-state index contributed by atoms with van der Waals surface area (Å²) in [6.45, 7) is 1.79. The molecule has 1 rings (SSSR count). The smallest absolute Gasteiger partial charge is 0.356 e. The molecule has 0 aliphatic heterocycles. The zero-order chi connectivity index (χ0) is 13.0. The van der Waals surface area contributed by atoms with E-state index in [2.05, 4.69) is 4.98 Å². The molecule has 7 heteroatoms. The molecule has 1 heterocycles. The molecule has 0 atom stereocenters. The number of aromatic nitrogens is 1. The molecule has 0 aliphatic rings. The largest absolute Gasteiger partial charge is 0.461 e. The normalized spacial score (nSPS) is 10.7. The third-order valence-corrected chi connectivity index (χ3v) is 3.16. The second kappa shape index (κ2) is 6.44. The van der Waals surface area contributed by atoms with Crippen molar-refractivity contribution in [1.29, 1.82) is 0 Å². The lowest BCUT2D eigenvalue weighted by molar-refractivity contribution is 0.0517. The van der Waals surface area contributed by atoms with Crippen LogP contribution >= 0.6 is 34.2 Å². The highest BCUT2D eigenvalue weighted by molar-refractivity contribution is 14.1. The summed E-state index contributed by atoms with van der Waals surface area (Å²) < 4.78 is 30.7. The highest BCUT2D eigenvalue weighted by Gasteiger charge is 2.21. The third-order valence-electron chi connectivity index (χ3n) is 1.93. The number of esters is 1. The van der Waals surface area contributed by atoms with Crippen molar-refractivity contribution < 1.29 is 18.3 Å². The minimum absolute atomic E-state index is 0.0753. The van der Waals surface area contributed by atoms with Gasteiger partial charge in [0.25, 0.3) is 6.43 Å². The molecule has 0 aromatic carbocycles. The minimum atomic E-state index is -2.77. The van der Waals surface area contributed by atoms with Crippen LogP contribution in [0.1, 0.15) is 35.1 Å². The van der Waals surface area contributed by atoms with E-state index in [-0.39, 0.29) is 23.7 Å². The van der Waals surface area contributed by atoms with Crippen LogP contribution in [0.2, 0.25) is 0 Å². The van der Waals surface area contributed by atoms with Gasteiger partial charge < -0.3 is 4.74 Å². The number of halogens is 4. The maximum absolute atomic E-state index is 12.7. The first kappa shape index (κ1) is 14.6. The fourth-order valence-corrected chi connectivity index (χ4v) is 2.45. The zero-order valence-electron chi connectivity index (χ0n) is 8.84. The Kier molecular flexibility index (Phi) is 5.51. The minimum Gasteiger partial charge on any atom is -0.461 e. The number of carbonyl (C=O) groups is 1. The van der Waals surface area contributed by atoms with Gasteiger partial charge in [0, 0.05) is 9.13 Å². The van der Waals surface area contributed by atoms with E-state index >= 15 is 0 Å². The van der Waals surface area contributed by atoms with Crippen molar-refractivity contribution >= 4 is 40.2 Å². The van der Waals surface area contributed by atoms with Crippen LogP contribution in [0.4, 0.5) is 8.78 Å². The van der Waals surface area contributed by atoms with Crippen LogP contribution in [0.25, 0.3) is 0 Å². The van der Waals surface area contributed by atoms with Crippen molar-refractivity contribution in [3.05, 3.63) is 26.6 Å². The number of carbonyl (C=O) groups excluding carboxylic acids is 1. The van der Waals surface area contributed by atoms with E-state index in [0.717, 1.165) is 0 Å². The van der Waals surface area contributed by atoms with E-state index in [0.29, 0.717) is 3.57 Å². The van der Waals surface area contributed by atoms with Gasteiger partial charge in [0.05, 0.1) is 12.5 Å². The molecular formula is C10H9ClF2INO2. The zero-order valence-corrected chi connectivity index (χ0v) is 11.8. The number of ether oxygens (including phenoxy) is 1. The van der Waals surface area contributed by atoms with Crippen LogP contribution in [0.15, 0.2) is 6.07 Å². The fourth-order valence-electron chi connectivity index (χ4n) is 1.18. The van der Waals surface area contributed by atoms with Gasteiger partial charge in [0.15, 0.2) is 0 Å². The van der Waals surface area contributed by atoms with Gasteiger partial charge in [-0.05, 0) is 35.6 Å². The highest BCUT2D eigenvalue weighted by atomic mass is 127. The maximum atomic E-state index is 12.7. The first-order valence-electron chi connectivity index (χ1n) is 4.71. The van der Waals surface area contributed by atoms with Crippen molar-refractivity contribution in [3.63, 3.8) is 0 Å². The molecule has 0 saturated carbocycles. The number of pyridine rings is 1. The second-order valence-electron chi connectivity index (χ2n) is 3.01. The molecular weight excluding hydrogens is 366 g/mol. The van der Waals surface area contributed by atoms with E-state index in [4.69, 9.17) is 16.3 Å². The molecule has 0 spiro atoms. The summed E-state index contributed by atoms with van der Waals surface area (Å²) in [6.07, 6.45) is -2.77. The van der Waals surface area contributed by atoms with Crippen molar-refractivity contribution in [2.24, 2.45) is 0 Å². The van der Waals surface area contributed by atoms with Gasteiger partial charge in [-0.3, -0.25) is 0 Å². The quantitative estimate of drug-likeness (QED) is 0.459. The van der Waals surface area contributed by atoms with E-state index < -0.39 is 18.1 Å². The Bertz CT molecular complexity index is 429. The number of hydrogen-bond donors (Lipinski definition) is 0. The summed E-state index contributed by atoms with van der Waals surface area (Å²) in [6, 6.07) is 1.39. The molecule has 0 amide bonds. The SMILES string of the molecule is CCOC(=O)c1cc(I)c(CCl)c(C(F)F)n1. The molecule has 94 valence electrons. The lowest BCUT2D eigenvalue weighted by atomic mass is 10.2. The summed E-state index contributed by atoms with van der Waals surface area (Å²) in [7, 11) is 0. The molecule has 0 N–H and O–H groups in total. The number of nitrogens with zero attached hydrogens (tertiary/aromatic N) is 1. The highest BCUT2D eigenvalue weighted by Crippen LogP contribution is 2.27. The van der Waals surface area contributed by atoms with E-state index in [1.165, 1.54) is 6.07 Å². The van der Waals surface area contributed by atoms with Gasteiger partial charge in [-0.25, -0.2) is 18.6 Å². The van der Waals surface area contributed by atoms with Crippen molar-refractivity contribution in [2.45, 2.75) is 19.2 Å². The first-order chi connectivity index (χ1) is 8.01. The summed E-state index contributed by atoms with van der Waals surface area (Å²) in [5.74, 6) is -0.790. The van der Waals surface area contributed by atoms with E-state index in [9.17, 15) is 13.6 Å². The van der Waals surface area contributed by atoms with Crippen LogP contribution in [-0.4, -0.2) is 17.6 Å². The summed E-state index contributed by atoms with van der Waals surface area (Å²) in [5.41, 5.74) is -0.342. The van der Waals surface area contributed by atoms with Gasteiger partial charge in [-0.1, -0.05) is 0 Å². The van der Waals surface area contributed by atoms with Crippen LogP contribution in [0.3, 0.4) is 0 Å². The Morgan fingerprint density at radius 2 is 2.29 bits per heavy atom. The molecule has 0 aliphatic carbocycles. The fraction of sp³-hybridized carbons (Fsp3) is 0.400. The summed E-state index contributed by atoms with van der Waals surface area (Å²) in [4.78, 5) is 15.0. The van der Waals surface area contributed by atoms with Crippen LogP contribution in [0, 0.1) is 3.57 Å². The van der Waals surface area contributed by atoms with Crippen LogP contribution in [0.5, 0.6) is 0 Å². The predicted octanol–water partition coefficient (Wildman–Crippen LogP) is 3.54. The third kappa shape index (κ3) is 3.48. The predicted molar refractivity (Wildman–Crippen MR) is 67.4 cm³/mol. The molecule has 0 radical (unpaired) electrons. The van der Waals surface area contributed by atoms with E-state index in [1.807, 2.05) is 22.6 Å². The Morgan fingerprint density at radius 1 is 1.65 bits per heavy atom. The summed E-state index contributed by atoms with van der Waals surface area (Å²) >= 11 is 7.42. The van der Waals surface area contributed by atoms with Crippen molar-refractivity contribution in [1.82, 2.24) is 4.98 Å². The number of alkyl halides is 3. The van der Waals surface area contributed by atoms with Gasteiger partial charge >= 0.3 is 5.97 Å². The van der Waals surface area contributed by atoms with Gasteiger partial charge in [0.1, 0.15) is 11.4 Å². The Morgan fingerprint density at radius 3 is 2.76 bits per heavy atom. The molecule has 0 bridgehead atoms. The second-order valence-corrected chi connectivity index (χ2v) is 4.44. The topological polar surface area (TPSA) is 39.2 Å². The molecule has 0 saturated heterocycles. The van der Waals surface area contributed by atoms with E-state index in [1.54, 1.807) is 6.92 Å². The summed E-state index contributed by atoms with van der Waals surface area (Å²) in [5, 5.41) is 0. The lowest BCUT2D eigenvalue weighted by Gasteiger charge is -2.10. The van der Waals surface area contributed by atoms with Crippen LogP contribution in [-0.2, 0) is 10.6 Å². The molecule has 3 nitrogen and oxygen atoms in total. The average molecular weight is 376 g/mol.